The molecule has 15 heavy (non-hydrogen) atoms. The number of carboxylic acids is 1. The van der Waals surface area contributed by atoms with Crippen molar-refractivity contribution in [3.63, 3.8) is 0 Å². The molecule has 0 aromatic heterocycles. The summed E-state index contributed by atoms with van der Waals surface area (Å²) in [6.45, 7) is 7.50. The first-order valence-electron chi connectivity index (χ1n) is 4.94. The predicted octanol–water partition coefficient (Wildman–Crippen LogP) is 0.857. The molecule has 5 nitrogen and oxygen atoms in total. The Morgan fingerprint density at radius 3 is 2.13 bits per heavy atom. The van der Waals surface area contributed by atoms with E-state index < -0.39 is 11.8 Å². The van der Waals surface area contributed by atoms with Gasteiger partial charge in [0, 0.05) is 0 Å². The number of hydrogen-bond donors (Lipinski definition) is 2. The summed E-state index contributed by atoms with van der Waals surface area (Å²) in [5, 5.41) is 16.6. The van der Waals surface area contributed by atoms with Crippen LogP contribution in [0.2, 0.25) is 0 Å². The topological polar surface area (TPSA) is 76.0 Å². The van der Waals surface area contributed by atoms with Crippen molar-refractivity contribution in [1.82, 2.24) is 0 Å². The van der Waals surface area contributed by atoms with Gasteiger partial charge in [-0.2, -0.15) is 0 Å². The van der Waals surface area contributed by atoms with Gasteiger partial charge in [0.2, 0.25) is 0 Å². The van der Waals surface area contributed by atoms with Crippen molar-refractivity contribution in [2.24, 2.45) is 5.92 Å². The maximum atomic E-state index is 9.70. The van der Waals surface area contributed by atoms with Crippen molar-refractivity contribution in [3.8, 4) is 0 Å². The number of aliphatic hydroxyl groups excluding tert-OH is 1. The summed E-state index contributed by atoms with van der Waals surface area (Å²) < 4.78 is 10.4. The first-order valence-corrected chi connectivity index (χ1v) is 4.94. The molecule has 1 fully saturated rings. The average Bonchev–Trinajstić information content (AvgIpc) is 2.46. The highest BCUT2D eigenvalue weighted by Gasteiger charge is 2.31. The average molecular weight is 220 g/mol. The zero-order valence-corrected chi connectivity index (χ0v) is 9.69. The largest absolute Gasteiger partial charge is 0.481 e. The van der Waals surface area contributed by atoms with E-state index in [4.69, 9.17) is 19.7 Å². The fourth-order valence-corrected chi connectivity index (χ4v) is 0.853. The second-order valence-electron chi connectivity index (χ2n) is 4.13. The highest BCUT2D eigenvalue weighted by Crippen LogP contribution is 2.21. The molecular weight excluding hydrogens is 200 g/mol. The number of rotatable bonds is 2. The quantitative estimate of drug-likeness (QED) is 0.721. The number of aliphatic hydroxyl groups is 1. The van der Waals surface area contributed by atoms with E-state index in [-0.39, 0.29) is 18.6 Å². The number of hydrogen-bond acceptors (Lipinski definition) is 4. The van der Waals surface area contributed by atoms with Gasteiger partial charge in [0.05, 0.1) is 19.1 Å². The standard InChI is InChI=1S/C6H12O3.C4H8O2/c1-6(2)8-4-5(3-7)9-6;1-3(2)4(5)6/h5,7H,3-4H2,1-2H3;3H,1-2H3,(H,5,6). The monoisotopic (exact) mass is 220 g/mol. The molecule has 0 spiro atoms. The van der Waals surface area contributed by atoms with Crippen LogP contribution in [0.5, 0.6) is 0 Å². The van der Waals surface area contributed by atoms with Gasteiger partial charge in [-0.3, -0.25) is 4.79 Å². The van der Waals surface area contributed by atoms with Crippen molar-refractivity contribution >= 4 is 5.97 Å². The fraction of sp³-hybridized carbons (Fsp3) is 0.900. The van der Waals surface area contributed by atoms with Crippen LogP contribution in [-0.2, 0) is 14.3 Å². The van der Waals surface area contributed by atoms with Crippen LogP contribution in [0.1, 0.15) is 27.7 Å². The number of ether oxygens (including phenoxy) is 2. The summed E-state index contributed by atoms with van der Waals surface area (Å²) in [6, 6.07) is 0. The molecule has 1 aliphatic heterocycles. The predicted molar refractivity (Wildman–Crippen MR) is 54.5 cm³/mol. The number of carboxylic acid groups (broad SMARTS) is 1. The highest BCUT2D eigenvalue weighted by atomic mass is 16.7. The molecule has 5 heteroatoms. The van der Waals surface area contributed by atoms with Crippen molar-refractivity contribution < 1.29 is 24.5 Å². The Labute approximate surface area is 90.0 Å². The molecule has 1 heterocycles. The molecule has 1 rings (SSSR count). The summed E-state index contributed by atoms with van der Waals surface area (Å²) >= 11 is 0. The summed E-state index contributed by atoms with van der Waals surface area (Å²) in [6.07, 6.45) is -0.125. The second kappa shape index (κ2) is 6.05. The van der Waals surface area contributed by atoms with Crippen LogP contribution in [0.25, 0.3) is 0 Å². The van der Waals surface area contributed by atoms with Crippen molar-refractivity contribution in [2.75, 3.05) is 13.2 Å². The second-order valence-corrected chi connectivity index (χ2v) is 4.13. The van der Waals surface area contributed by atoms with E-state index in [9.17, 15) is 4.79 Å². The van der Waals surface area contributed by atoms with Crippen LogP contribution in [0.3, 0.4) is 0 Å². The third-order valence-electron chi connectivity index (χ3n) is 1.76. The lowest BCUT2D eigenvalue weighted by atomic mass is 10.2. The Balaban J connectivity index is 0.000000288. The van der Waals surface area contributed by atoms with Crippen molar-refractivity contribution in [1.29, 1.82) is 0 Å². The summed E-state index contributed by atoms with van der Waals surface area (Å²) in [5.74, 6) is -1.46. The van der Waals surface area contributed by atoms with E-state index in [2.05, 4.69) is 0 Å². The molecule has 1 aliphatic rings. The van der Waals surface area contributed by atoms with Gasteiger partial charge in [0.15, 0.2) is 5.79 Å². The van der Waals surface area contributed by atoms with E-state index in [1.54, 1.807) is 13.8 Å². The van der Waals surface area contributed by atoms with Gasteiger partial charge in [-0.15, -0.1) is 0 Å². The molecule has 0 amide bonds. The summed E-state index contributed by atoms with van der Waals surface area (Å²) in [5.41, 5.74) is 0. The minimum atomic E-state index is -0.741. The van der Waals surface area contributed by atoms with Gasteiger partial charge in [0.25, 0.3) is 0 Å². The fourth-order valence-electron chi connectivity index (χ4n) is 0.853. The summed E-state index contributed by atoms with van der Waals surface area (Å²) in [4.78, 5) is 9.70. The van der Waals surface area contributed by atoms with E-state index in [0.717, 1.165) is 0 Å². The van der Waals surface area contributed by atoms with Crippen LogP contribution in [0.15, 0.2) is 0 Å². The molecular formula is C10H20O5. The van der Waals surface area contributed by atoms with Crippen LogP contribution >= 0.6 is 0 Å². The van der Waals surface area contributed by atoms with Gasteiger partial charge in [-0.25, -0.2) is 0 Å². The molecule has 90 valence electrons. The molecule has 1 unspecified atom stereocenters. The molecule has 0 bridgehead atoms. The van der Waals surface area contributed by atoms with E-state index in [1.165, 1.54) is 0 Å². The van der Waals surface area contributed by atoms with Gasteiger partial charge < -0.3 is 19.7 Å². The lowest BCUT2D eigenvalue weighted by molar-refractivity contribution is -0.142. The lowest BCUT2D eigenvalue weighted by Crippen LogP contribution is -2.22. The Morgan fingerprint density at radius 2 is 2.00 bits per heavy atom. The minimum Gasteiger partial charge on any atom is -0.481 e. The normalized spacial score (nSPS) is 23.5. The van der Waals surface area contributed by atoms with Crippen LogP contribution < -0.4 is 0 Å². The molecule has 0 radical (unpaired) electrons. The van der Waals surface area contributed by atoms with E-state index in [0.29, 0.717) is 6.61 Å². The van der Waals surface area contributed by atoms with E-state index >= 15 is 0 Å². The number of aliphatic carboxylic acids is 1. The molecule has 0 saturated carbocycles. The third kappa shape index (κ3) is 6.43. The van der Waals surface area contributed by atoms with Crippen molar-refractivity contribution in [2.45, 2.75) is 39.6 Å². The first kappa shape index (κ1) is 14.3. The van der Waals surface area contributed by atoms with Gasteiger partial charge in [-0.05, 0) is 13.8 Å². The lowest BCUT2D eigenvalue weighted by Gasteiger charge is -2.15. The number of carbonyl (C=O) groups is 1. The smallest absolute Gasteiger partial charge is 0.305 e. The van der Waals surface area contributed by atoms with Crippen LogP contribution in [0, 0.1) is 5.92 Å². The maximum Gasteiger partial charge on any atom is 0.305 e. The Hall–Kier alpha value is -0.650. The maximum absolute atomic E-state index is 9.70. The molecule has 1 atom stereocenters. The third-order valence-corrected chi connectivity index (χ3v) is 1.76. The van der Waals surface area contributed by atoms with Gasteiger partial charge in [-0.1, -0.05) is 13.8 Å². The zero-order chi connectivity index (χ0) is 12.1. The minimum absolute atomic E-state index is 0.0451. The molecule has 0 aromatic carbocycles. The molecule has 1 saturated heterocycles. The Kier molecular flexibility index (Phi) is 5.79. The van der Waals surface area contributed by atoms with E-state index in [1.807, 2.05) is 13.8 Å². The highest BCUT2D eigenvalue weighted by molar-refractivity contribution is 5.68. The molecule has 0 aliphatic carbocycles. The molecule has 2 N–H and O–H groups in total. The van der Waals surface area contributed by atoms with Crippen LogP contribution in [-0.4, -0.2) is 41.3 Å². The van der Waals surface area contributed by atoms with Crippen molar-refractivity contribution in [3.05, 3.63) is 0 Å². The Morgan fingerprint density at radius 1 is 1.53 bits per heavy atom. The first-order chi connectivity index (χ1) is 6.78. The SMILES string of the molecule is CC(C)C(=O)O.CC1(C)OCC(CO)O1. The van der Waals surface area contributed by atoms with Gasteiger partial charge in [0.1, 0.15) is 6.10 Å². The zero-order valence-electron chi connectivity index (χ0n) is 9.69. The van der Waals surface area contributed by atoms with Crippen LogP contribution in [0.4, 0.5) is 0 Å². The summed E-state index contributed by atoms with van der Waals surface area (Å²) in [7, 11) is 0. The Bertz CT molecular complexity index is 200. The molecule has 0 aromatic rings. The van der Waals surface area contributed by atoms with Gasteiger partial charge >= 0.3 is 5.97 Å².